The van der Waals surface area contributed by atoms with E-state index in [1.54, 1.807) is 16.7 Å². The lowest BCUT2D eigenvalue weighted by molar-refractivity contribution is 0.0895. The highest BCUT2D eigenvalue weighted by Gasteiger charge is 2.34. The molecule has 25 heavy (non-hydrogen) atoms. The van der Waals surface area contributed by atoms with E-state index in [4.69, 9.17) is 0 Å². The first-order valence-electron chi connectivity index (χ1n) is 8.20. The van der Waals surface area contributed by atoms with Crippen molar-refractivity contribution in [3.63, 3.8) is 0 Å². The fourth-order valence-corrected chi connectivity index (χ4v) is 3.72. The normalized spacial score (nSPS) is 16.2. The maximum Gasteiger partial charge on any atom is 0.271 e. The molecule has 0 saturated heterocycles. The van der Waals surface area contributed by atoms with E-state index in [1.807, 2.05) is 6.26 Å². The first kappa shape index (κ1) is 17.5. The molecule has 1 aromatic carbocycles. The van der Waals surface area contributed by atoms with Gasteiger partial charge < -0.3 is 5.32 Å². The molecule has 0 bridgehead atoms. The molecule has 1 aliphatic rings. The van der Waals surface area contributed by atoms with Gasteiger partial charge in [0.2, 0.25) is 0 Å². The molecule has 1 aromatic heterocycles. The van der Waals surface area contributed by atoms with Gasteiger partial charge in [0.1, 0.15) is 17.1 Å². The number of imidazole rings is 1. The van der Waals surface area contributed by atoms with Crippen LogP contribution in [0.4, 0.5) is 4.39 Å². The van der Waals surface area contributed by atoms with Crippen LogP contribution in [0.3, 0.4) is 0 Å². The SMILES string of the molecule is CSc1ncc(C(=O)NC2(C#N)CCCCC2)n1-c1ccc(F)cc1. The van der Waals surface area contributed by atoms with E-state index in [0.717, 1.165) is 19.3 Å². The smallest absolute Gasteiger partial charge is 0.271 e. The van der Waals surface area contributed by atoms with Crippen LogP contribution in [0.25, 0.3) is 5.69 Å². The van der Waals surface area contributed by atoms with Crippen molar-refractivity contribution < 1.29 is 9.18 Å². The van der Waals surface area contributed by atoms with Gasteiger partial charge in [-0.2, -0.15) is 5.26 Å². The number of amides is 1. The molecule has 1 amide bonds. The van der Waals surface area contributed by atoms with E-state index in [9.17, 15) is 14.4 Å². The summed E-state index contributed by atoms with van der Waals surface area (Å²) in [6.07, 6.45) is 7.64. The molecule has 2 aromatic rings. The molecule has 3 rings (SSSR count). The lowest BCUT2D eigenvalue weighted by Gasteiger charge is -2.31. The van der Waals surface area contributed by atoms with Crippen molar-refractivity contribution in [1.29, 1.82) is 5.26 Å². The second kappa shape index (κ2) is 7.28. The lowest BCUT2D eigenvalue weighted by Crippen LogP contribution is -2.49. The molecule has 0 aliphatic heterocycles. The summed E-state index contributed by atoms with van der Waals surface area (Å²) in [5.41, 5.74) is 0.187. The Morgan fingerprint density at radius 2 is 2.00 bits per heavy atom. The van der Waals surface area contributed by atoms with Crippen LogP contribution >= 0.6 is 11.8 Å². The molecule has 1 aliphatic carbocycles. The molecule has 1 N–H and O–H groups in total. The van der Waals surface area contributed by atoms with Crippen molar-refractivity contribution >= 4 is 17.7 Å². The Morgan fingerprint density at radius 1 is 1.32 bits per heavy atom. The molecule has 0 spiro atoms. The lowest BCUT2D eigenvalue weighted by atomic mass is 9.83. The third-order valence-electron chi connectivity index (χ3n) is 4.50. The van der Waals surface area contributed by atoms with E-state index in [-0.39, 0.29) is 11.7 Å². The molecule has 1 heterocycles. The Morgan fingerprint density at radius 3 is 2.60 bits per heavy atom. The number of nitriles is 1. The number of nitrogens with zero attached hydrogens (tertiary/aromatic N) is 3. The minimum Gasteiger partial charge on any atom is -0.332 e. The molecule has 7 heteroatoms. The maximum absolute atomic E-state index is 13.2. The van der Waals surface area contributed by atoms with Crippen LogP contribution in [0.1, 0.15) is 42.6 Å². The zero-order valence-electron chi connectivity index (χ0n) is 14.0. The quantitative estimate of drug-likeness (QED) is 0.846. The number of aromatic nitrogens is 2. The molecule has 130 valence electrons. The number of benzene rings is 1. The fourth-order valence-electron chi connectivity index (χ4n) is 3.18. The fraction of sp³-hybridized carbons (Fsp3) is 0.389. The van der Waals surface area contributed by atoms with Gasteiger partial charge in [0, 0.05) is 5.69 Å². The average molecular weight is 358 g/mol. The standard InChI is InChI=1S/C18H19FN4OS/c1-25-17-21-11-15(23(17)14-7-5-13(19)6-8-14)16(24)22-18(12-20)9-3-2-4-10-18/h5-8,11H,2-4,9-10H2,1H3,(H,22,24). The largest absolute Gasteiger partial charge is 0.332 e. The predicted octanol–water partition coefficient (Wildman–Crippen LogP) is 3.69. The highest BCUT2D eigenvalue weighted by atomic mass is 32.2. The van der Waals surface area contributed by atoms with Crippen LogP contribution in [0.15, 0.2) is 35.6 Å². The van der Waals surface area contributed by atoms with E-state index in [2.05, 4.69) is 16.4 Å². The molecule has 1 saturated carbocycles. The monoisotopic (exact) mass is 358 g/mol. The topological polar surface area (TPSA) is 70.7 Å². The van der Waals surface area contributed by atoms with Gasteiger partial charge >= 0.3 is 0 Å². The summed E-state index contributed by atoms with van der Waals surface area (Å²) >= 11 is 1.40. The Kier molecular flexibility index (Phi) is 5.09. The van der Waals surface area contributed by atoms with Crippen LogP contribution in [0, 0.1) is 17.1 Å². The van der Waals surface area contributed by atoms with E-state index in [1.165, 1.54) is 30.1 Å². The number of hydrogen-bond acceptors (Lipinski definition) is 4. The number of carbonyl (C=O) groups is 1. The summed E-state index contributed by atoms with van der Waals surface area (Å²) in [5.74, 6) is -0.674. The second-order valence-corrected chi connectivity index (χ2v) is 6.92. The number of halogens is 1. The molecule has 1 fully saturated rings. The van der Waals surface area contributed by atoms with Crippen LogP contribution in [0.5, 0.6) is 0 Å². The van der Waals surface area contributed by atoms with Crippen LogP contribution in [-0.2, 0) is 0 Å². The molecule has 0 unspecified atom stereocenters. The minimum absolute atomic E-state index is 0.333. The van der Waals surface area contributed by atoms with Gasteiger partial charge in [-0.05, 0) is 43.4 Å². The van der Waals surface area contributed by atoms with Gasteiger partial charge in [0.25, 0.3) is 5.91 Å². The van der Waals surface area contributed by atoms with E-state index in [0.29, 0.717) is 29.4 Å². The Labute approximate surface area is 150 Å². The molecular weight excluding hydrogens is 339 g/mol. The van der Waals surface area contributed by atoms with Crippen LogP contribution in [0.2, 0.25) is 0 Å². The summed E-state index contributed by atoms with van der Waals surface area (Å²) in [6.45, 7) is 0. The number of rotatable bonds is 4. The Hall–Kier alpha value is -2.33. The van der Waals surface area contributed by atoms with Gasteiger partial charge in [-0.15, -0.1) is 0 Å². The number of thioether (sulfide) groups is 1. The van der Waals surface area contributed by atoms with E-state index < -0.39 is 5.54 Å². The van der Waals surface area contributed by atoms with Crippen molar-refractivity contribution in [1.82, 2.24) is 14.9 Å². The first-order chi connectivity index (χ1) is 12.1. The van der Waals surface area contributed by atoms with Gasteiger partial charge in [-0.1, -0.05) is 31.0 Å². The summed E-state index contributed by atoms with van der Waals surface area (Å²) < 4.78 is 14.9. The van der Waals surface area contributed by atoms with Gasteiger partial charge in [-0.25, -0.2) is 9.37 Å². The van der Waals surface area contributed by atoms with Gasteiger partial charge in [-0.3, -0.25) is 9.36 Å². The molecule has 0 radical (unpaired) electrons. The van der Waals surface area contributed by atoms with Crippen molar-refractivity contribution in [3.05, 3.63) is 42.0 Å². The zero-order valence-corrected chi connectivity index (χ0v) is 14.8. The number of carbonyl (C=O) groups excluding carboxylic acids is 1. The van der Waals surface area contributed by atoms with Crippen molar-refractivity contribution in [2.24, 2.45) is 0 Å². The van der Waals surface area contributed by atoms with E-state index >= 15 is 0 Å². The third-order valence-corrected chi connectivity index (χ3v) is 5.16. The van der Waals surface area contributed by atoms with Crippen LogP contribution in [-0.4, -0.2) is 27.3 Å². The maximum atomic E-state index is 13.2. The van der Waals surface area contributed by atoms with Gasteiger partial charge in [0.05, 0.1) is 12.3 Å². The highest BCUT2D eigenvalue weighted by Crippen LogP contribution is 2.29. The molecule has 0 atom stereocenters. The first-order valence-corrected chi connectivity index (χ1v) is 9.42. The second-order valence-electron chi connectivity index (χ2n) is 6.15. The van der Waals surface area contributed by atoms with Crippen molar-refractivity contribution in [2.45, 2.75) is 42.8 Å². The summed E-state index contributed by atoms with van der Waals surface area (Å²) in [4.78, 5) is 17.1. The summed E-state index contributed by atoms with van der Waals surface area (Å²) in [6, 6.07) is 8.19. The van der Waals surface area contributed by atoms with Crippen LogP contribution < -0.4 is 5.32 Å². The molecular formula is C18H19FN4OS. The number of hydrogen-bond donors (Lipinski definition) is 1. The highest BCUT2D eigenvalue weighted by molar-refractivity contribution is 7.98. The summed E-state index contributed by atoms with van der Waals surface area (Å²) in [7, 11) is 0. The number of nitrogens with one attached hydrogen (secondary N) is 1. The Balaban J connectivity index is 1.94. The molecule has 5 nitrogen and oxygen atoms in total. The zero-order chi connectivity index (χ0) is 17.9. The van der Waals surface area contributed by atoms with Crippen molar-refractivity contribution in [2.75, 3.05) is 6.26 Å². The van der Waals surface area contributed by atoms with Gasteiger partial charge in [0.15, 0.2) is 5.16 Å². The minimum atomic E-state index is -0.813. The Bertz CT molecular complexity index is 803. The van der Waals surface area contributed by atoms with Crippen molar-refractivity contribution in [3.8, 4) is 11.8 Å². The predicted molar refractivity (Wildman–Crippen MR) is 94.2 cm³/mol. The average Bonchev–Trinajstić information content (AvgIpc) is 3.07. The third kappa shape index (κ3) is 3.54. The summed E-state index contributed by atoms with van der Waals surface area (Å²) in [5, 5.41) is 13.1.